The maximum Gasteiger partial charge on any atom is 0.407 e. The van der Waals surface area contributed by atoms with E-state index in [0.717, 1.165) is 12.8 Å². The highest BCUT2D eigenvalue weighted by atomic mass is 16.6. The van der Waals surface area contributed by atoms with Crippen LogP contribution >= 0.6 is 0 Å². The Balaban J connectivity index is 2.38. The van der Waals surface area contributed by atoms with Crippen molar-refractivity contribution in [1.82, 2.24) is 5.32 Å². The molecule has 2 atom stereocenters. The number of hydrogen-bond donors (Lipinski definition) is 2. The molecular formula is C14H27NO3. The molecule has 4 heteroatoms. The highest BCUT2D eigenvalue weighted by molar-refractivity contribution is 5.68. The van der Waals surface area contributed by atoms with Gasteiger partial charge in [0.2, 0.25) is 0 Å². The van der Waals surface area contributed by atoms with Crippen molar-refractivity contribution in [1.29, 1.82) is 0 Å². The van der Waals surface area contributed by atoms with Gasteiger partial charge in [-0.15, -0.1) is 0 Å². The van der Waals surface area contributed by atoms with Crippen LogP contribution in [0.15, 0.2) is 0 Å². The fraction of sp³-hybridized carbons (Fsp3) is 0.929. The average Bonchev–Trinajstić information content (AvgIpc) is 2.26. The Morgan fingerprint density at radius 1 is 1.28 bits per heavy atom. The first-order chi connectivity index (χ1) is 8.29. The maximum absolute atomic E-state index is 11.6. The van der Waals surface area contributed by atoms with Crippen molar-refractivity contribution < 1.29 is 14.6 Å². The summed E-state index contributed by atoms with van der Waals surface area (Å²) in [6.45, 7) is 7.32. The molecule has 1 aliphatic rings. The summed E-state index contributed by atoms with van der Waals surface area (Å²) in [5.74, 6) is 0.309. The second-order valence-corrected chi connectivity index (χ2v) is 6.32. The number of amides is 1. The number of aliphatic hydroxyl groups is 1. The van der Waals surface area contributed by atoms with E-state index in [0.29, 0.717) is 5.92 Å². The predicted octanol–water partition coefficient (Wildman–Crippen LogP) is 2.84. The number of aliphatic hydroxyl groups excluding tert-OH is 1. The van der Waals surface area contributed by atoms with Crippen molar-refractivity contribution in [3.8, 4) is 0 Å². The normalized spacial score (nSPS) is 21.2. The molecule has 1 aliphatic carbocycles. The van der Waals surface area contributed by atoms with E-state index in [2.05, 4.69) is 5.32 Å². The molecule has 1 saturated carbocycles. The van der Waals surface area contributed by atoms with E-state index in [4.69, 9.17) is 4.74 Å². The second kappa shape index (κ2) is 6.41. The molecule has 2 N–H and O–H groups in total. The van der Waals surface area contributed by atoms with E-state index < -0.39 is 17.8 Å². The summed E-state index contributed by atoms with van der Waals surface area (Å²) in [7, 11) is 0. The van der Waals surface area contributed by atoms with E-state index in [-0.39, 0.29) is 6.04 Å². The Morgan fingerprint density at radius 3 is 2.33 bits per heavy atom. The van der Waals surface area contributed by atoms with Crippen LogP contribution in [0, 0.1) is 5.92 Å². The third-order valence-corrected chi connectivity index (χ3v) is 3.39. The lowest BCUT2D eigenvalue weighted by molar-refractivity contribution is 0.0291. The summed E-state index contributed by atoms with van der Waals surface area (Å²) < 4.78 is 5.18. The molecule has 0 spiro atoms. The molecule has 2 unspecified atom stereocenters. The lowest BCUT2D eigenvalue weighted by atomic mass is 9.83. The fourth-order valence-corrected chi connectivity index (χ4v) is 2.46. The van der Waals surface area contributed by atoms with Crippen molar-refractivity contribution in [2.75, 3.05) is 0 Å². The van der Waals surface area contributed by atoms with Crippen LogP contribution in [0.25, 0.3) is 0 Å². The van der Waals surface area contributed by atoms with Crippen molar-refractivity contribution >= 4 is 6.09 Å². The lowest BCUT2D eigenvalue weighted by Crippen LogP contribution is -2.46. The molecular weight excluding hydrogens is 230 g/mol. The van der Waals surface area contributed by atoms with Gasteiger partial charge in [-0.2, -0.15) is 0 Å². The first-order valence-corrected chi connectivity index (χ1v) is 6.97. The number of alkyl carbamates (subject to hydrolysis) is 1. The molecule has 1 amide bonds. The minimum atomic E-state index is -0.500. The Labute approximate surface area is 110 Å². The van der Waals surface area contributed by atoms with Crippen molar-refractivity contribution in [2.45, 2.75) is 77.5 Å². The van der Waals surface area contributed by atoms with Gasteiger partial charge in [0.25, 0.3) is 0 Å². The first kappa shape index (κ1) is 15.3. The molecule has 18 heavy (non-hydrogen) atoms. The van der Waals surface area contributed by atoms with Crippen LogP contribution in [0.5, 0.6) is 0 Å². The quantitative estimate of drug-likeness (QED) is 0.817. The third kappa shape index (κ3) is 5.25. The van der Waals surface area contributed by atoms with Crippen LogP contribution in [-0.2, 0) is 4.74 Å². The van der Waals surface area contributed by atoms with Crippen LogP contribution in [0.3, 0.4) is 0 Å². The monoisotopic (exact) mass is 257 g/mol. The first-order valence-electron chi connectivity index (χ1n) is 6.97. The second-order valence-electron chi connectivity index (χ2n) is 6.32. The summed E-state index contributed by atoms with van der Waals surface area (Å²) in [5, 5.41) is 12.9. The standard InChI is InChI=1S/C14H27NO3/c1-10(15-13(17)18-14(2,3)4)12(16)11-8-6-5-7-9-11/h10-12,16H,5-9H2,1-4H3,(H,15,17). The van der Waals surface area contributed by atoms with Gasteiger partial charge in [0.1, 0.15) is 5.60 Å². The molecule has 0 heterocycles. The van der Waals surface area contributed by atoms with Gasteiger partial charge in [-0.25, -0.2) is 4.79 Å². The zero-order valence-corrected chi connectivity index (χ0v) is 12.0. The van der Waals surface area contributed by atoms with Crippen LogP contribution in [0.2, 0.25) is 0 Å². The topological polar surface area (TPSA) is 58.6 Å². The van der Waals surface area contributed by atoms with Gasteiger partial charge < -0.3 is 15.2 Å². The van der Waals surface area contributed by atoms with Crippen molar-refractivity contribution in [3.05, 3.63) is 0 Å². The number of carbonyl (C=O) groups is 1. The molecule has 0 aliphatic heterocycles. The molecule has 1 fully saturated rings. The zero-order chi connectivity index (χ0) is 13.8. The number of ether oxygens (including phenoxy) is 1. The number of hydrogen-bond acceptors (Lipinski definition) is 3. The summed E-state index contributed by atoms with van der Waals surface area (Å²) in [6, 6.07) is -0.261. The Hall–Kier alpha value is -0.770. The Morgan fingerprint density at radius 2 is 1.83 bits per heavy atom. The van der Waals surface area contributed by atoms with E-state index in [9.17, 15) is 9.90 Å². The van der Waals surface area contributed by atoms with Gasteiger partial charge in [0.15, 0.2) is 0 Å². The highest BCUT2D eigenvalue weighted by Gasteiger charge is 2.28. The summed E-state index contributed by atoms with van der Waals surface area (Å²) in [6.07, 6.45) is 4.81. The van der Waals surface area contributed by atoms with E-state index >= 15 is 0 Å². The Kier molecular flexibility index (Phi) is 5.45. The number of nitrogens with one attached hydrogen (secondary N) is 1. The van der Waals surface area contributed by atoms with Gasteiger partial charge in [-0.3, -0.25) is 0 Å². The average molecular weight is 257 g/mol. The van der Waals surface area contributed by atoms with E-state index in [1.165, 1.54) is 19.3 Å². The highest BCUT2D eigenvalue weighted by Crippen LogP contribution is 2.27. The molecule has 106 valence electrons. The maximum atomic E-state index is 11.6. The largest absolute Gasteiger partial charge is 0.444 e. The Bertz CT molecular complexity index is 267. The number of carbonyl (C=O) groups excluding carboxylic acids is 1. The minimum Gasteiger partial charge on any atom is -0.444 e. The zero-order valence-electron chi connectivity index (χ0n) is 12.0. The SMILES string of the molecule is CC(NC(=O)OC(C)(C)C)C(O)C1CCCCC1. The summed E-state index contributed by atoms with van der Waals surface area (Å²) in [5.41, 5.74) is -0.500. The third-order valence-electron chi connectivity index (χ3n) is 3.39. The smallest absolute Gasteiger partial charge is 0.407 e. The van der Waals surface area contributed by atoms with Crippen molar-refractivity contribution in [3.63, 3.8) is 0 Å². The molecule has 0 aromatic heterocycles. The molecule has 1 rings (SSSR count). The molecule has 0 aromatic rings. The number of rotatable bonds is 3. The van der Waals surface area contributed by atoms with Gasteiger partial charge in [-0.05, 0) is 46.5 Å². The van der Waals surface area contributed by atoms with Gasteiger partial charge in [0.05, 0.1) is 12.1 Å². The minimum absolute atomic E-state index is 0.261. The molecule has 0 bridgehead atoms. The van der Waals surface area contributed by atoms with Crippen LogP contribution in [-0.4, -0.2) is 28.9 Å². The van der Waals surface area contributed by atoms with Crippen LogP contribution < -0.4 is 5.32 Å². The summed E-state index contributed by atoms with van der Waals surface area (Å²) >= 11 is 0. The molecule has 0 radical (unpaired) electrons. The van der Waals surface area contributed by atoms with Gasteiger partial charge >= 0.3 is 6.09 Å². The molecule has 0 saturated heterocycles. The fourth-order valence-electron chi connectivity index (χ4n) is 2.46. The van der Waals surface area contributed by atoms with Crippen LogP contribution in [0.1, 0.15) is 59.8 Å². The predicted molar refractivity (Wildman–Crippen MR) is 71.4 cm³/mol. The van der Waals surface area contributed by atoms with Crippen molar-refractivity contribution in [2.24, 2.45) is 5.92 Å². The lowest BCUT2D eigenvalue weighted by Gasteiger charge is -2.31. The van der Waals surface area contributed by atoms with E-state index in [1.807, 2.05) is 27.7 Å². The van der Waals surface area contributed by atoms with Gasteiger partial charge in [-0.1, -0.05) is 19.3 Å². The van der Waals surface area contributed by atoms with Crippen LogP contribution in [0.4, 0.5) is 4.79 Å². The molecule has 0 aromatic carbocycles. The van der Waals surface area contributed by atoms with Gasteiger partial charge in [0, 0.05) is 0 Å². The molecule has 4 nitrogen and oxygen atoms in total. The van der Waals surface area contributed by atoms with E-state index in [1.54, 1.807) is 0 Å². The summed E-state index contributed by atoms with van der Waals surface area (Å²) in [4.78, 5) is 11.6.